The summed E-state index contributed by atoms with van der Waals surface area (Å²) in [5.41, 5.74) is 2.77. The summed E-state index contributed by atoms with van der Waals surface area (Å²) < 4.78 is 1.44. The average Bonchev–Trinajstić information content (AvgIpc) is 3.08. The quantitative estimate of drug-likeness (QED) is 0.620. The van der Waals surface area contributed by atoms with Gasteiger partial charge in [0.2, 0.25) is 0 Å². The predicted molar refractivity (Wildman–Crippen MR) is 100 cm³/mol. The first-order chi connectivity index (χ1) is 11.4. The van der Waals surface area contributed by atoms with Crippen molar-refractivity contribution >= 4 is 23.1 Å². The molecule has 0 N–H and O–H groups in total. The summed E-state index contributed by atoms with van der Waals surface area (Å²) >= 11 is 3.87. The van der Waals surface area contributed by atoms with E-state index in [4.69, 9.17) is 0 Å². The number of rotatable bonds is 5. The van der Waals surface area contributed by atoms with Crippen molar-refractivity contribution in [2.24, 2.45) is 0 Å². The van der Waals surface area contributed by atoms with E-state index in [0.717, 1.165) is 13.1 Å². The van der Waals surface area contributed by atoms with Crippen LogP contribution >= 0.6 is 23.1 Å². The van der Waals surface area contributed by atoms with Crippen LogP contribution in [0.3, 0.4) is 0 Å². The highest BCUT2D eigenvalue weighted by Crippen LogP contribution is 2.38. The van der Waals surface area contributed by atoms with Gasteiger partial charge in [-0.3, -0.25) is 4.90 Å². The van der Waals surface area contributed by atoms with Gasteiger partial charge in [-0.2, -0.15) is 0 Å². The summed E-state index contributed by atoms with van der Waals surface area (Å²) in [5.74, 6) is 0. The fourth-order valence-electron chi connectivity index (χ4n) is 3.13. The number of benzene rings is 2. The first-order valence-corrected chi connectivity index (χ1v) is 9.70. The van der Waals surface area contributed by atoms with Crippen LogP contribution in [-0.2, 0) is 0 Å². The van der Waals surface area contributed by atoms with E-state index in [0.29, 0.717) is 11.3 Å². The van der Waals surface area contributed by atoms with Crippen molar-refractivity contribution in [1.29, 1.82) is 0 Å². The molecule has 116 valence electrons. The summed E-state index contributed by atoms with van der Waals surface area (Å²) in [6.07, 6.45) is 0. The molecular formula is C20H19NS2. The molecule has 0 radical (unpaired) electrons. The molecule has 2 aromatic carbocycles. The molecule has 1 saturated heterocycles. The van der Waals surface area contributed by atoms with Crippen molar-refractivity contribution in [2.75, 3.05) is 13.1 Å². The highest BCUT2D eigenvalue weighted by molar-refractivity contribution is 8.01. The van der Waals surface area contributed by atoms with E-state index in [-0.39, 0.29) is 0 Å². The Morgan fingerprint density at radius 3 is 1.96 bits per heavy atom. The maximum atomic E-state index is 2.59. The van der Waals surface area contributed by atoms with Gasteiger partial charge in [0.25, 0.3) is 0 Å². The second-order valence-electron chi connectivity index (χ2n) is 5.85. The Bertz CT molecular complexity index is 679. The molecule has 0 amide bonds. The van der Waals surface area contributed by atoms with Crippen molar-refractivity contribution in [2.45, 2.75) is 15.5 Å². The SMILES string of the molecule is c1ccc(C(c2ccccc2)N2CC(Sc3cccs3)C2)cc1. The largest absolute Gasteiger partial charge is 0.290 e. The van der Waals surface area contributed by atoms with E-state index < -0.39 is 0 Å². The van der Waals surface area contributed by atoms with Gasteiger partial charge in [-0.1, -0.05) is 66.7 Å². The Hall–Kier alpha value is -1.55. The fourth-order valence-corrected chi connectivity index (χ4v) is 5.40. The monoisotopic (exact) mass is 337 g/mol. The van der Waals surface area contributed by atoms with Crippen molar-refractivity contribution in [3.05, 3.63) is 89.3 Å². The number of nitrogens with zero attached hydrogens (tertiary/aromatic N) is 1. The summed E-state index contributed by atoms with van der Waals surface area (Å²) in [7, 11) is 0. The Labute approximate surface area is 146 Å². The molecule has 4 rings (SSSR count). The molecule has 0 saturated carbocycles. The van der Waals surface area contributed by atoms with Crippen LogP contribution in [0, 0.1) is 0 Å². The first kappa shape index (κ1) is 15.0. The van der Waals surface area contributed by atoms with Gasteiger partial charge in [-0.05, 0) is 22.6 Å². The molecular weight excluding hydrogens is 318 g/mol. The molecule has 0 spiro atoms. The van der Waals surface area contributed by atoms with E-state index in [9.17, 15) is 0 Å². The molecule has 0 unspecified atom stereocenters. The molecule has 0 bridgehead atoms. The minimum absolute atomic E-state index is 0.373. The van der Waals surface area contributed by atoms with Crippen molar-refractivity contribution in [1.82, 2.24) is 4.90 Å². The normalized spacial score (nSPS) is 15.7. The molecule has 0 atom stereocenters. The molecule has 2 heterocycles. The molecule has 23 heavy (non-hydrogen) atoms. The van der Waals surface area contributed by atoms with Crippen LogP contribution in [0.2, 0.25) is 0 Å². The molecule has 1 nitrogen and oxygen atoms in total. The second-order valence-corrected chi connectivity index (χ2v) is 8.40. The van der Waals surface area contributed by atoms with Crippen LogP contribution in [0.15, 0.2) is 82.4 Å². The van der Waals surface area contributed by atoms with Gasteiger partial charge < -0.3 is 0 Å². The molecule has 1 aromatic heterocycles. The van der Waals surface area contributed by atoms with Gasteiger partial charge in [0.05, 0.1) is 10.3 Å². The first-order valence-electron chi connectivity index (χ1n) is 7.94. The van der Waals surface area contributed by atoms with Crippen molar-refractivity contribution < 1.29 is 0 Å². The summed E-state index contributed by atoms with van der Waals surface area (Å²) in [6.45, 7) is 2.30. The summed E-state index contributed by atoms with van der Waals surface area (Å²) in [5, 5.41) is 2.87. The Balaban J connectivity index is 1.51. The maximum absolute atomic E-state index is 2.59. The molecule has 1 fully saturated rings. The van der Waals surface area contributed by atoms with E-state index >= 15 is 0 Å². The van der Waals surface area contributed by atoms with Crippen LogP contribution in [-0.4, -0.2) is 23.2 Å². The molecule has 3 aromatic rings. The lowest BCUT2D eigenvalue weighted by Gasteiger charge is -2.44. The lowest BCUT2D eigenvalue weighted by atomic mass is 9.94. The second kappa shape index (κ2) is 6.91. The van der Waals surface area contributed by atoms with Crippen molar-refractivity contribution in [3.63, 3.8) is 0 Å². The molecule has 3 heteroatoms. The minimum Gasteiger partial charge on any atom is -0.290 e. The maximum Gasteiger partial charge on any atom is 0.0602 e. The average molecular weight is 338 g/mol. The standard InChI is InChI=1S/C20H19NS2/c1-3-8-16(9-4-1)20(17-10-5-2-6-11-17)21-14-18(15-21)23-19-12-7-13-22-19/h1-13,18,20H,14-15H2. The number of thioether (sulfide) groups is 1. The molecule has 1 aliphatic rings. The van der Waals surface area contributed by atoms with E-state index in [2.05, 4.69) is 83.1 Å². The summed E-state index contributed by atoms with van der Waals surface area (Å²) in [6, 6.07) is 26.5. The topological polar surface area (TPSA) is 3.24 Å². The Morgan fingerprint density at radius 1 is 0.826 bits per heavy atom. The van der Waals surface area contributed by atoms with Crippen LogP contribution < -0.4 is 0 Å². The number of thiophene rings is 1. The lowest BCUT2D eigenvalue weighted by Crippen LogP contribution is -2.50. The highest BCUT2D eigenvalue weighted by atomic mass is 32.2. The van der Waals surface area contributed by atoms with Gasteiger partial charge in [-0.15, -0.1) is 23.1 Å². The number of likely N-dealkylation sites (tertiary alicyclic amines) is 1. The zero-order valence-electron chi connectivity index (χ0n) is 12.8. The highest BCUT2D eigenvalue weighted by Gasteiger charge is 2.34. The fraction of sp³-hybridized carbons (Fsp3) is 0.200. The van der Waals surface area contributed by atoms with E-state index in [1.165, 1.54) is 15.3 Å². The lowest BCUT2D eigenvalue weighted by molar-refractivity contribution is 0.148. The zero-order valence-corrected chi connectivity index (χ0v) is 14.5. The molecule has 0 aliphatic carbocycles. The van der Waals surface area contributed by atoms with Crippen LogP contribution in [0.4, 0.5) is 0 Å². The number of hydrogen-bond acceptors (Lipinski definition) is 3. The van der Waals surface area contributed by atoms with E-state index in [1.807, 2.05) is 23.1 Å². The van der Waals surface area contributed by atoms with Gasteiger partial charge in [0.15, 0.2) is 0 Å². The third-order valence-corrected chi connectivity index (χ3v) is 6.49. The van der Waals surface area contributed by atoms with Crippen molar-refractivity contribution in [3.8, 4) is 0 Å². The van der Waals surface area contributed by atoms with E-state index in [1.54, 1.807) is 0 Å². The van der Waals surface area contributed by atoms with Crippen LogP contribution in [0.1, 0.15) is 17.2 Å². The van der Waals surface area contributed by atoms with Gasteiger partial charge in [0.1, 0.15) is 0 Å². The Kier molecular flexibility index (Phi) is 4.51. The van der Waals surface area contributed by atoms with Gasteiger partial charge in [0, 0.05) is 18.3 Å². The zero-order chi connectivity index (χ0) is 15.5. The summed E-state index contributed by atoms with van der Waals surface area (Å²) in [4.78, 5) is 2.59. The minimum atomic E-state index is 0.373. The Morgan fingerprint density at radius 2 is 1.43 bits per heavy atom. The third-order valence-electron chi connectivity index (χ3n) is 4.25. The predicted octanol–water partition coefficient (Wildman–Crippen LogP) is 5.31. The third kappa shape index (κ3) is 3.37. The van der Waals surface area contributed by atoms with Crippen LogP contribution in [0.25, 0.3) is 0 Å². The van der Waals surface area contributed by atoms with Crippen LogP contribution in [0.5, 0.6) is 0 Å². The van der Waals surface area contributed by atoms with Gasteiger partial charge in [-0.25, -0.2) is 0 Å². The molecule has 1 aliphatic heterocycles. The number of hydrogen-bond donors (Lipinski definition) is 0. The van der Waals surface area contributed by atoms with Gasteiger partial charge >= 0.3 is 0 Å². The smallest absolute Gasteiger partial charge is 0.0602 e.